The highest BCUT2D eigenvalue weighted by molar-refractivity contribution is 6.12. The van der Waals surface area contributed by atoms with Crippen molar-refractivity contribution >= 4 is 22.5 Å². The van der Waals surface area contributed by atoms with Crippen molar-refractivity contribution in [1.29, 1.82) is 0 Å². The summed E-state index contributed by atoms with van der Waals surface area (Å²) in [6.45, 7) is 12.8. The standard InChI is InChI=1S/C55H57NO6/c1-52(2)32-53(3,4)34-54(33-52)46-12-10-9-11-41(46)49-44-31-47(56-25-27-61-28-26-56)43(40-22-21-39(59-7)29-48(40)60-8)30-45(44)51-42(50(49)54)23-24-55(62-51,35-13-17-37(57-5)18-14-35)36-15-19-38(58-6)20-16-36/h9-24,29-31H,25-28,32-34H2,1-8H3. The highest BCUT2D eigenvalue weighted by Gasteiger charge is 2.55. The molecular formula is C55H57NO6. The van der Waals surface area contributed by atoms with Crippen molar-refractivity contribution < 1.29 is 28.4 Å². The minimum atomic E-state index is -0.975. The van der Waals surface area contributed by atoms with Crippen molar-refractivity contribution in [3.05, 3.63) is 137 Å². The monoisotopic (exact) mass is 827 g/mol. The summed E-state index contributed by atoms with van der Waals surface area (Å²) in [6, 6.07) is 36.8. The fourth-order valence-electron chi connectivity index (χ4n) is 12.1. The van der Waals surface area contributed by atoms with E-state index in [1.165, 1.54) is 27.6 Å². The van der Waals surface area contributed by atoms with Crippen LogP contribution >= 0.6 is 0 Å². The van der Waals surface area contributed by atoms with Crippen LogP contribution in [0.15, 0.2) is 109 Å². The summed E-state index contributed by atoms with van der Waals surface area (Å²) in [6.07, 6.45) is 7.92. The Bertz CT molecular complexity index is 2660. The molecule has 0 aromatic heterocycles. The second kappa shape index (κ2) is 14.9. The third-order valence-electron chi connectivity index (χ3n) is 14.0. The van der Waals surface area contributed by atoms with Crippen molar-refractivity contribution in [3.8, 4) is 51.0 Å². The minimum Gasteiger partial charge on any atom is -0.497 e. The van der Waals surface area contributed by atoms with Gasteiger partial charge in [0.15, 0.2) is 5.60 Å². The van der Waals surface area contributed by atoms with Gasteiger partial charge in [-0.15, -0.1) is 0 Å². The van der Waals surface area contributed by atoms with Crippen LogP contribution in [0.3, 0.4) is 0 Å². The molecule has 0 unspecified atom stereocenters. The first kappa shape index (κ1) is 40.2. The second-order valence-corrected chi connectivity index (χ2v) is 19.2. The normalized spacial score (nSPS) is 18.7. The number of methoxy groups -OCH3 is 4. The summed E-state index contributed by atoms with van der Waals surface area (Å²) in [5.41, 5.74) is 10.8. The molecule has 2 fully saturated rings. The van der Waals surface area contributed by atoms with Gasteiger partial charge in [-0.05, 0) is 112 Å². The maximum atomic E-state index is 7.93. The van der Waals surface area contributed by atoms with Crippen molar-refractivity contribution in [3.63, 3.8) is 0 Å². The Hall–Kier alpha value is -5.92. The number of nitrogens with zero attached hydrogens (tertiary/aromatic N) is 1. The first-order valence-electron chi connectivity index (χ1n) is 21.9. The van der Waals surface area contributed by atoms with Gasteiger partial charge >= 0.3 is 0 Å². The fourth-order valence-corrected chi connectivity index (χ4v) is 12.1. The predicted molar refractivity (Wildman–Crippen MR) is 250 cm³/mol. The zero-order valence-electron chi connectivity index (χ0n) is 37.3. The second-order valence-electron chi connectivity index (χ2n) is 19.2. The summed E-state index contributed by atoms with van der Waals surface area (Å²) in [5.74, 6) is 3.95. The number of benzene rings is 6. The van der Waals surface area contributed by atoms with Crippen LogP contribution in [0.5, 0.6) is 28.7 Å². The van der Waals surface area contributed by atoms with Crippen LogP contribution in [0.4, 0.5) is 5.69 Å². The summed E-state index contributed by atoms with van der Waals surface area (Å²) in [7, 11) is 6.84. The highest BCUT2D eigenvalue weighted by atomic mass is 16.5. The Kier molecular flexibility index (Phi) is 9.63. The van der Waals surface area contributed by atoms with Gasteiger partial charge in [0.25, 0.3) is 0 Å². The van der Waals surface area contributed by atoms with Gasteiger partial charge in [-0.3, -0.25) is 0 Å². The Morgan fingerprint density at radius 3 is 1.81 bits per heavy atom. The molecule has 1 spiro atoms. The lowest BCUT2D eigenvalue weighted by molar-refractivity contribution is 0.0642. The first-order chi connectivity index (χ1) is 29.9. The highest BCUT2D eigenvalue weighted by Crippen LogP contribution is 2.67. The summed E-state index contributed by atoms with van der Waals surface area (Å²) in [5, 5.41) is 2.25. The molecule has 0 amide bonds. The van der Waals surface area contributed by atoms with E-state index in [0.717, 1.165) is 100.0 Å². The molecule has 0 atom stereocenters. The predicted octanol–water partition coefficient (Wildman–Crippen LogP) is 12.2. The van der Waals surface area contributed by atoms with Crippen LogP contribution in [-0.2, 0) is 15.8 Å². The Balaban J connectivity index is 1.35. The molecule has 4 aliphatic rings. The van der Waals surface area contributed by atoms with Gasteiger partial charge in [0.1, 0.15) is 28.7 Å². The molecule has 1 saturated heterocycles. The number of hydrogen-bond donors (Lipinski definition) is 0. The number of ether oxygens (including phenoxy) is 6. The average Bonchev–Trinajstić information content (AvgIpc) is 3.55. The van der Waals surface area contributed by atoms with E-state index in [1.807, 2.05) is 36.4 Å². The smallest absolute Gasteiger partial charge is 0.178 e. The van der Waals surface area contributed by atoms with Gasteiger partial charge in [0, 0.05) is 63.5 Å². The van der Waals surface area contributed by atoms with Crippen molar-refractivity contribution in [1.82, 2.24) is 0 Å². The van der Waals surface area contributed by atoms with Gasteiger partial charge in [-0.1, -0.05) is 82.3 Å². The molecule has 0 radical (unpaired) electrons. The van der Waals surface area contributed by atoms with Crippen LogP contribution in [0.1, 0.15) is 74.8 Å². The lowest BCUT2D eigenvalue weighted by Crippen LogP contribution is -2.44. The molecule has 318 valence electrons. The Morgan fingerprint density at radius 1 is 0.581 bits per heavy atom. The van der Waals surface area contributed by atoms with Gasteiger partial charge < -0.3 is 33.3 Å². The fraction of sp³-hybridized carbons (Fsp3) is 0.345. The van der Waals surface area contributed by atoms with Crippen molar-refractivity contribution in [2.24, 2.45) is 10.8 Å². The summed E-state index contributed by atoms with van der Waals surface area (Å²) >= 11 is 0. The molecule has 10 rings (SSSR count). The van der Waals surface area contributed by atoms with Crippen LogP contribution in [-0.4, -0.2) is 54.7 Å². The van der Waals surface area contributed by atoms with Gasteiger partial charge in [0.2, 0.25) is 0 Å². The van der Waals surface area contributed by atoms with E-state index in [2.05, 4.69) is 111 Å². The van der Waals surface area contributed by atoms with Crippen molar-refractivity contribution in [2.75, 3.05) is 59.6 Å². The molecule has 0 N–H and O–H groups in total. The molecule has 2 aliphatic carbocycles. The van der Waals surface area contributed by atoms with Crippen molar-refractivity contribution in [2.45, 2.75) is 58.0 Å². The molecule has 7 nitrogen and oxygen atoms in total. The topological polar surface area (TPSA) is 58.6 Å². The van der Waals surface area contributed by atoms with Gasteiger partial charge in [0.05, 0.1) is 41.7 Å². The van der Waals surface area contributed by atoms with Crippen LogP contribution < -0.4 is 28.6 Å². The quantitative estimate of drug-likeness (QED) is 0.151. The third kappa shape index (κ3) is 6.34. The molecule has 6 aromatic carbocycles. The lowest BCUT2D eigenvalue weighted by Gasteiger charge is -2.52. The zero-order valence-corrected chi connectivity index (χ0v) is 37.3. The van der Waals surface area contributed by atoms with E-state index < -0.39 is 5.60 Å². The summed E-state index contributed by atoms with van der Waals surface area (Å²) < 4.78 is 37.0. The lowest BCUT2D eigenvalue weighted by atomic mass is 9.52. The van der Waals surface area contributed by atoms with E-state index in [0.29, 0.717) is 13.2 Å². The van der Waals surface area contributed by atoms with Gasteiger partial charge in [-0.2, -0.15) is 0 Å². The number of morpholine rings is 1. The molecule has 1 saturated carbocycles. The molecule has 2 heterocycles. The van der Waals surface area contributed by atoms with E-state index in [-0.39, 0.29) is 16.2 Å². The SMILES string of the molecule is COc1ccc(C2(c3ccc(OC)cc3)C=Cc3c4c(c5cc(N6CCOCC6)c(-c6ccc(OC)cc6OC)cc5c3O2)-c2ccccc2C42CC(C)(C)CC(C)(C)C2)cc1. The van der Waals surface area contributed by atoms with E-state index in [9.17, 15) is 0 Å². The number of rotatable bonds is 8. The van der Waals surface area contributed by atoms with Gasteiger partial charge in [-0.25, -0.2) is 0 Å². The molecule has 2 aliphatic heterocycles. The third-order valence-corrected chi connectivity index (χ3v) is 14.0. The number of hydrogen-bond acceptors (Lipinski definition) is 7. The molecular weight excluding hydrogens is 771 g/mol. The first-order valence-corrected chi connectivity index (χ1v) is 21.9. The van der Waals surface area contributed by atoms with Crippen LogP contribution in [0.2, 0.25) is 0 Å². The average molecular weight is 828 g/mol. The molecule has 6 aromatic rings. The van der Waals surface area contributed by atoms with Crippen LogP contribution in [0.25, 0.3) is 39.1 Å². The molecule has 0 bridgehead atoms. The molecule has 7 heteroatoms. The minimum absolute atomic E-state index is 0.0984. The number of fused-ring (bicyclic) bond motifs is 10. The largest absolute Gasteiger partial charge is 0.497 e. The Morgan fingerprint density at radius 2 is 1.19 bits per heavy atom. The maximum Gasteiger partial charge on any atom is 0.178 e. The van der Waals surface area contributed by atoms with E-state index in [4.69, 9.17) is 28.4 Å². The Labute approximate surface area is 366 Å². The van der Waals surface area contributed by atoms with Crippen LogP contribution in [0, 0.1) is 10.8 Å². The summed E-state index contributed by atoms with van der Waals surface area (Å²) in [4.78, 5) is 2.48. The van der Waals surface area contributed by atoms with E-state index in [1.54, 1.807) is 28.4 Å². The zero-order chi connectivity index (χ0) is 43.0. The maximum absolute atomic E-state index is 7.93. The number of anilines is 1. The molecule has 62 heavy (non-hydrogen) atoms. The van der Waals surface area contributed by atoms with E-state index >= 15 is 0 Å².